The molecule has 11 nitrogen and oxygen atoms in total. The number of carbonyl (C=O) groups is 5. The second kappa shape index (κ2) is 12.6. The zero-order valence-corrected chi connectivity index (χ0v) is 17.3. The van der Waals surface area contributed by atoms with E-state index in [0.29, 0.717) is 0 Å². The number of methoxy groups -OCH3 is 1. The lowest BCUT2D eigenvalue weighted by atomic mass is 10.0. The fraction of sp³-hybridized carbons (Fsp3) is 0.632. The molecule has 1 aliphatic rings. The fourth-order valence-corrected chi connectivity index (χ4v) is 2.29. The summed E-state index contributed by atoms with van der Waals surface area (Å²) in [6, 6.07) is 0. The summed E-state index contributed by atoms with van der Waals surface area (Å²) in [6.07, 6.45) is -3.54. The predicted octanol–water partition coefficient (Wildman–Crippen LogP) is 0.581. The van der Waals surface area contributed by atoms with E-state index >= 15 is 0 Å². The van der Waals surface area contributed by atoms with Gasteiger partial charge in [0, 0.05) is 31.4 Å². The van der Waals surface area contributed by atoms with E-state index in [1.807, 2.05) is 0 Å². The molecular formula is C19H26O11. The molecule has 1 rings (SSSR count). The van der Waals surface area contributed by atoms with Gasteiger partial charge in [-0.1, -0.05) is 20.8 Å². The van der Waals surface area contributed by atoms with Crippen LogP contribution in [0.5, 0.6) is 0 Å². The van der Waals surface area contributed by atoms with Gasteiger partial charge in [-0.05, 0) is 0 Å². The normalized spacial score (nSPS) is 23.3. The second-order valence-electron chi connectivity index (χ2n) is 5.99. The number of hydrogen-bond donors (Lipinski definition) is 0. The van der Waals surface area contributed by atoms with Crippen LogP contribution in [0.2, 0.25) is 0 Å². The van der Waals surface area contributed by atoms with E-state index in [9.17, 15) is 24.0 Å². The highest BCUT2D eigenvalue weighted by Crippen LogP contribution is 2.26. The van der Waals surface area contributed by atoms with Gasteiger partial charge in [0.15, 0.2) is 12.2 Å². The van der Waals surface area contributed by atoms with Crippen molar-refractivity contribution in [2.75, 3.05) is 13.7 Å². The summed E-state index contributed by atoms with van der Waals surface area (Å²) in [5.41, 5.74) is 0. The Bertz CT molecular complexity index is 669. The minimum atomic E-state index is -1.47. The lowest BCUT2D eigenvalue weighted by Gasteiger charge is -2.39. The Hall–Kier alpha value is -2.95. The smallest absolute Gasteiger partial charge is 0.333 e. The minimum absolute atomic E-state index is 0.00651. The van der Waals surface area contributed by atoms with Crippen molar-refractivity contribution in [2.45, 2.75) is 64.6 Å². The third-order valence-corrected chi connectivity index (χ3v) is 3.86. The molecule has 30 heavy (non-hydrogen) atoms. The summed E-state index contributed by atoms with van der Waals surface area (Å²) < 4.78 is 30.7. The van der Waals surface area contributed by atoms with Crippen molar-refractivity contribution in [1.82, 2.24) is 0 Å². The van der Waals surface area contributed by atoms with Gasteiger partial charge >= 0.3 is 29.8 Å². The Labute approximate surface area is 173 Å². The molecule has 1 fully saturated rings. The van der Waals surface area contributed by atoms with Crippen molar-refractivity contribution in [3.8, 4) is 0 Å². The SMILES string of the molecule is CCC(=O)O[C@@H]1[C@@H](OC(=O)CC)[C@H](OC(=O)/C=C/C(=O)OC)OC[C@H]1OC(=O)CC. The number of esters is 5. The minimum Gasteiger partial charge on any atom is -0.466 e. The molecule has 0 spiro atoms. The average molecular weight is 430 g/mol. The first-order valence-electron chi connectivity index (χ1n) is 9.42. The topological polar surface area (TPSA) is 141 Å². The molecule has 4 atom stereocenters. The molecule has 0 N–H and O–H groups in total. The van der Waals surface area contributed by atoms with Crippen LogP contribution in [-0.2, 0) is 52.4 Å². The maximum atomic E-state index is 12.0. The molecule has 1 saturated heterocycles. The zero-order chi connectivity index (χ0) is 22.7. The molecule has 0 unspecified atom stereocenters. The van der Waals surface area contributed by atoms with Crippen molar-refractivity contribution in [3.05, 3.63) is 12.2 Å². The first kappa shape index (κ1) is 25.1. The van der Waals surface area contributed by atoms with Gasteiger partial charge in [-0.2, -0.15) is 0 Å². The molecule has 0 radical (unpaired) electrons. The molecule has 0 amide bonds. The summed E-state index contributed by atoms with van der Waals surface area (Å²) in [4.78, 5) is 58.7. The van der Waals surface area contributed by atoms with Crippen molar-refractivity contribution in [1.29, 1.82) is 0 Å². The largest absolute Gasteiger partial charge is 0.466 e. The molecule has 0 saturated carbocycles. The van der Waals surface area contributed by atoms with Gasteiger partial charge in [0.2, 0.25) is 12.4 Å². The van der Waals surface area contributed by atoms with E-state index in [2.05, 4.69) is 4.74 Å². The third-order valence-electron chi connectivity index (χ3n) is 3.86. The van der Waals surface area contributed by atoms with E-state index in [1.54, 1.807) is 13.8 Å². The van der Waals surface area contributed by atoms with E-state index in [0.717, 1.165) is 19.3 Å². The van der Waals surface area contributed by atoms with E-state index < -0.39 is 54.4 Å². The molecular weight excluding hydrogens is 404 g/mol. The van der Waals surface area contributed by atoms with Crippen LogP contribution in [0.25, 0.3) is 0 Å². The molecule has 1 aliphatic heterocycles. The van der Waals surface area contributed by atoms with Crippen LogP contribution in [0.1, 0.15) is 40.0 Å². The molecule has 0 aromatic heterocycles. The van der Waals surface area contributed by atoms with E-state index in [4.69, 9.17) is 23.7 Å². The van der Waals surface area contributed by atoms with Gasteiger partial charge in [-0.25, -0.2) is 9.59 Å². The molecule has 0 aromatic rings. The van der Waals surface area contributed by atoms with Crippen LogP contribution >= 0.6 is 0 Å². The first-order valence-corrected chi connectivity index (χ1v) is 9.42. The van der Waals surface area contributed by atoms with Crippen LogP contribution in [0.4, 0.5) is 0 Å². The van der Waals surface area contributed by atoms with Gasteiger partial charge in [-0.3, -0.25) is 14.4 Å². The summed E-state index contributed by atoms with van der Waals surface area (Å²) >= 11 is 0. The summed E-state index contributed by atoms with van der Waals surface area (Å²) in [5, 5.41) is 0. The van der Waals surface area contributed by atoms with Crippen LogP contribution in [-0.4, -0.2) is 68.2 Å². The maximum Gasteiger partial charge on any atom is 0.333 e. The molecule has 0 bridgehead atoms. The Balaban J connectivity index is 3.11. The molecule has 0 aliphatic carbocycles. The van der Waals surface area contributed by atoms with Crippen molar-refractivity contribution >= 4 is 29.8 Å². The van der Waals surface area contributed by atoms with Gasteiger partial charge in [0.05, 0.1) is 13.7 Å². The molecule has 11 heteroatoms. The quantitative estimate of drug-likeness (QED) is 0.288. The molecule has 168 valence electrons. The fourth-order valence-electron chi connectivity index (χ4n) is 2.29. The van der Waals surface area contributed by atoms with Crippen LogP contribution in [0.3, 0.4) is 0 Å². The third kappa shape index (κ3) is 7.82. The number of carbonyl (C=O) groups excluding carboxylic acids is 5. The lowest BCUT2D eigenvalue weighted by Crippen LogP contribution is -2.58. The monoisotopic (exact) mass is 430 g/mol. The summed E-state index contributed by atoms with van der Waals surface area (Å²) in [7, 11) is 1.13. The number of hydrogen-bond acceptors (Lipinski definition) is 11. The Morgan fingerprint density at radius 1 is 0.767 bits per heavy atom. The highest BCUT2D eigenvalue weighted by molar-refractivity contribution is 5.91. The van der Waals surface area contributed by atoms with Crippen LogP contribution in [0.15, 0.2) is 12.2 Å². The standard InChI is InChI=1S/C19H26O11/c1-5-12(20)27-11-10-26-19(30-16(24)9-8-15(23)25-4)18(29-14(22)7-3)17(11)28-13(21)6-2/h8-9,11,17-19H,5-7,10H2,1-4H3/b9-8+/t11-,17+,18-,19+/m1/s1. The van der Waals surface area contributed by atoms with Gasteiger partial charge in [-0.15, -0.1) is 0 Å². The van der Waals surface area contributed by atoms with E-state index in [-0.39, 0.29) is 25.9 Å². The van der Waals surface area contributed by atoms with Gasteiger partial charge < -0.3 is 28.4 Å². The lowest BCUT2D eigenvalue weighted by molar-refractivity contribution is -0.273. The highest BCUT2D eigenvalue weighted by Gasteiger charge is 2.49. The summed E-state index contributed by atoms with van der Waals surface area (Å²) in [6.45, 7) is 4.38. The average Bonchev–Trinajstić information content (AvgIpc) is 2.74. The number of ether oxygens (including phenoxy) is 6. The van der Waals surface area contributed by atoms with E-state index in [1.165, 1.54) is 6.92 Å². The van der Waals surface area contributed by atoms with Crippen molar-refractivity contribution in [3.63, 3.8) is 0 Å². The van der Waals surface area contributed by atoms with Gasteiger partial charge in [0.1, 0.15) is 0 Å². The Kier molecular flexibility index (Phi) is 10.5. The Morgan fingerprint density at radius 2 is 1.27 bits per heavy atom. The van der Waals surface area contributed by atoms with Crippen LogP contribution < -0.4 is 0 Å². The zero-order valence-electron chi connectivity index (χ0n) is 17.3. The second-order valence-corrected chi connectivity index (χ2v) is 5.99. The van der Waals surface area contributed by atoms with Crippen molar-refractivity contribution in [2.24, 2.45) is 0 Å². The molecule has 0 aromatic carbocycles. The predicted molar refractivity (Wildman–Crippen MR) is 97.5 cm³/mol. The summed E-state index contributed by atoms with van der Waals surface area (Å²) in [5.74, 6) is -3.69. The number of rotatable bonds is 9. The maximum absolute atomic E-state index is 12.0. The van der Waals surface area contributed by atoms with Gasteiger partial charge in [0.25, 0.3) is 0 Å². The first-order chi connectivity index (χ1) is 14.2. The molecule has 1 heterocycles. The van der Waals surface area contributed by atoms with Crippen LogP contribution in [0, 0.1) is 0 Å². The Morgan fingerprint density at radius 3 is 1.80 bits per heavy atom. The highest BCUT2D eigenvalue weighted by atomic mass is 16.7. The van der Waals surface area contributed by atoms with Crippen molar-refractivity contribution < 1.29 is 52.4 Å².